The van der Waals surface area contributed by atoms with E-state index in [1.54, 1.807) is 0 Å². The van der Waals surface area contributed by atoms with Crippen molar-refractivity contribution < 1.29 is 9.59 Å². The number of hydrogen-bond acceptors (Lipinski definition) is 2. The molecule has 0 unspecified atom stereocenters. The van der Waals surface area contributed by atoms with Crippen LogP contribution in [-0.2, 0) is 9.59 Å². The average Bonchev–Trinajstić information content (AvgIpc) is 2.86. The van der Waals surface area contributed by atoms with Gasteiger partial charge < -0.3 is 0 Å². The van der Waals surface area contributed by atoms with Crippen LogP contribution in [0.2, 0.25) is 0 Å². The summed E-state index contributed by atoms with van der Waals surface area (Å²) in [6.45, 7) is 6.94. The number of ketones is 2. The summed E-state index contributed by atoms with van der Waals surface area (Å²) in [6, 6.07) is 0. The van der Waals surface area contributed by atoms with Gasteiger partial charge in [0.05, 0.1) is 0 Å². The molecule has 0 bridgehead atoms. The summed E-state index contributed by atoms with van der Waals surface area (Å²) in [5, 5.41) is 0. The fourth-order valence-electron chi connectivity index (χ4n) is 6.60. The van der Waals surface area contributed by atoms with Crippen LogP contribution in [0.15, 0.2) is 11.6 Å². The van der Waals surface area contributed by atoms with Crippen molar-refractivity contribution in [2.24, 2.45) is 34.5 Å². The van der Waals surface area contributed by atoms with Crippen molar-refractivity contribution in [3.63, 3.8) is 0 Å². The Morgan fingerprint density at radius 1 is 1.00 bits per heavy atom. The van der Waals surface area contributed by atoms with Gasteiger partial charge in [0, 0.05) is 18.3 Å². The molecule has 0 aromatic carbocycles. The first-order valence-electron chi connectivity index (χ1n) is 8.66. The Bertz CT molecular complexity index is 560. The highest BCUT2D eigenvalue weighted by Crippen LogP contribution is 2.68. The third kappa shape index (κ3) is 1.54. The first-order chi connectivity index (χ1) is 9.88. The van der Waals surface area contributed by atoms with Gasteiger partial charge in [-0.3, -0.25) is 9.59 Å². The molecule has 4 rings (SSSR count). The Kier molecular flexibility index (Phi) is 2.67. The molecule has 21 heavy (non-hydrogen) atoms. The normalized spacial score (nSPS) is 52.2. The van der Waals surface area contributed by atoms with E-state index in [2.05, 4.69) is 20.8 Å². The van der Waals surface area contributed by atoms with Gasteiger partial charge in [0.2, 0.25) is 0 Å². The minimum atomic E-state index is -0.0656. The van der Waals surface area contributed by atoms with Gasteiger partial charge in [-0.25, -0.2) is 0 Å². The van der Waals surface area contributed by atoms with E-state index in [0.717, 1.165) is 32.1 Å². The Morgan fingerprint density at radius 3 is 2.48 bits per heavy atom. The molecule has 0 heterocycles. The molecule has 114 valence electrons. The summed E-state index contributed by atoms with van der Waals surface area (Å²) in [6.07, 6.45) is 7.83. The summed E-state index contributed by atoms with van der Waals surface area (Å²) in [5.41, 5.74) is 1.58. The molecular formula is C19H26O2. The second-order valence-corrected chi connectivity index (χ2v) is 8.48. The molecule has 0 N–H and O–H groups in total. The van der Waals surface area contributed by atoms with Crippen molar-refractivity contribution in [3.05, 3.63) is 11.6 Å². The predicted molar refractivity (Wildman–Crippen MR) is 81.6 cm³/mol. The van der Waals surface area contributed by atoms with Gasteiger partial charge in [0.1, 0.15) is 5.78 Å². The van der Waals surface area contributed by atoms with Crippen LogP contribution < -0.4 is 0 Å². The van der Waals surface area contributed by atoms with Crippen LogP contribution in [0.1, 0.15) is 59.3 Å². The van der Waals surface area contributed by atoms with Gasteiger partial charge in [-0.2, -0.15) is 0 Å². The topological polar surface area (TPSA) is 34.1 Å². The number of rotatable bonds is 0. The first-order valence-corrected chi connectivity index (χ1v) is 8.66. The monoisotopic (exact) mass is 286 g/mol. The van der Waals surface area contributed by atoms with Crippen molar-refractivity contribution in [3.8, 4) is 0 Å². The van der Waals surface area contributed by atoms with E-state index < -0.39 is 0 Å². The summed E-state index contributed by atoms with van der Waals surface area (Å²) in [7, 11) is 0. The standard InChI is InChI=1S/C19H26O2/c1-11-15-10-12(20)6-8-18(15,2)14-7-9-19(3)13(17(11)14)4-5-16(19)21/h10-11,13-14,17H,4-9H2,1-3H3/t11-,13-,14-,17-,18+,19-/m0/s1. The molecule has 6 atom stereocenters. The Balaban J connectivity index is 1.79. The van der Waals surface area contributed by atoms with Gasteiger partial charge >= 0.3 is 0 Å². The highest BCUT2D eigenvalue weighted by Gasteiger charge is 2.63. The van der Waals surface area contributed by atoms with E-state index in [0.29, 0.717) is 35.2 Å². The van der Waals surface area contributed by atoms with Crippen LogP contribution in [0.5, 0.6) is 0 Å². The first kappa shape index (κ1) is 13.7. The summed E-state index contributed by atoms with van der Waals surface area (Å²) >= 11 is 0. The minimum absolute atomic E-state index is 0.0656. The molecule has 2 heteroatoms. The third-order valence-corrected chi connectivity index (χ3v) is 7.79. The SMILES string of the molecule is C[C@H]1C2=CC(=O)CC[C@]2(C)[C@H]2CC[C@]3(C)C(=O)CC[C@H]3[C@H]12. The molecule has 0 radical (unpaired) electrons. The maximum absolute atomic E-state index is 12.4. The molecule has 0 aliphatic heterocycles. The predicted octanol–water partition coefficient (Wildman–Crippen LogP) is 3.94. The second-order valence-electron chi connectivity index (χ2n) is 8.48. The lowest BCUT2D eigenvalue weighted by Gasteiger charge is -2.47. The van der Waals surface area contributed by atoms with Gasteiger partial charge in [-0.1, -0.05) is 26.3 Å². The lowest BCUT2D eigenvalue weighted by molar-refractivity contribution is -0.130. The van der Waals surface area contributed by atoms with Gasteiger partial charge in [0.15, 0.2) is 5.78 Å². The third-order valence-electron chi connectivity index (χ3n) is 7.79. The Labute approximate surface area is 127 Å². The van der Waals surface area contributed by atoms with E-state index in [1.165, 1.54) is 12.0 Å². The van der Waals surface area contributed by atoms with E-state index in [1.807, 2.05) is 6.08 Å². The fourth-order valence-corrected chi connectivity index (χ4v) is 6.60. The molecule has 4 aliphatic carbocycles. The second kappa shape index (κ2) is 4.08. The largest absolute Gasteiger partial charge is 0.299 e. The number of allylic oxidation sites excluding steroid dienone is 2. The van der Waals surface area contributed by atoms with E-state index >= 15 is 0 Å². The van der Waals surface area contributed by atoms with Crippen molar-refractivity contribution in [1.29, 1.82) is 0 Å². The van der Waals surface area contributed by atoms with Crippen LogP contribution in [0.25, 0.3) is 0 Å². The maximum Gasteiger partial charge on any atom is 0.155 e. The van der Waals surface area contributed by atoms with E-state index in [9.17, 15) is 9.59 Å². The van der Waals surface area contributed by atoms with Crippen molar-refractivity contribution >= 4 is 11.6 Å². The number of fused-ring (bicyclic) bond motifs is 5. The molecular weight excluding hydrogens is 260 g/mol. The zero-order chi connectivity index (χ0) is 15.0. The quantitative estimate of drug-likeness (QED) is 0.676. The Morgan fingerprint density at radius 2 is 1.71 bits per heavy atom. The average molecular weight is 286 g/mol. The highest BCUT2D eigenvalue weighted by atomic mass is 16.1. The van der Waals surface area contributed by atoms with E-state index in [-0.39, 0.29) is 10.8 Å². The van der Waals surface area contributed by atoms with Crippen molar-refractivity contribution in [2.75, 3.05) is 0 Å². The Hall–Kier alpha value is -0.920. The van der Waals surface area contributed by atoms with Gasteiger partial charge in [-0.05, 0) is 60.8 Å². The van der Waals surface area contributed by atoms with Gasteiger partial charge in [-0.15, -0.1) is 0 Å². The number of Topliss-reactive ketones (excluding diaryl/α,β-unsaturated/α-hetero) is 1. The lowest BCUT2D eigenvalue weighted by Crippen LogP contribution is -2.43. The van der Waals surface area contributed by atoms with Crippen LogP contribution in [0, 0.1) is 34.5 Å². The zero-order valence-corrected chi connectivity index (χ0v) is 13.4. The minimum Gasteiger partial charge on any atom is -0.299 e. The van der Waals surface area contributed by atoms with Crippen LogP contribution >= 0.6 is 0 Å². The smallest absolute Gasteiger partial charge is 0.155 e. The molecule has 3 fully saturated rings. The lowest BCUT2D eigenvalue weighted by atomic mass is 9.56. The fraction of sp³-hybridized carbons (Fsp3) is 0.789. The zero-order valence-electron chi connectivity index (χ0n) is 13.4. The van der Waals surface area contributed by atoms with Crippen LogP contribution in [-0.4, -0.2) is 11.6 Å². The molecule has 0 aromatic heterocycles. The maximum atomic E-state index is 12.4. The number of carbonyl (C=O) groups excluding carboxylic acids is 2. The van der Waals surface area contributed by atoms with Crippen LogP contribution in [0.3, 0.4) is 0 Å². The molecule has 0 aromatic rings. The number of hydrogen-bond donors (Lipinski definition) is 0. The molecule has 2 nitrogen and oxygen atoms in total. The van der Waals surface area contributed by atoms with Crippen LogP contribution in [0.4, 0.5) is 0 Å². The summed E-state index contributed by atoms with van der Waals surface area (Å²) in [4.78, 5) is 24.3. The summed E-state index contributed by atoms with van der Waals surface area (Å²) < 4.78 is 0. The number of carbonyl (C=O) groups is 2. The van der Waals surface area contributed by atoms with Gasteiger partial charge in [0.25, 0.3) is 0 Å². The van der Waals surface area contributed by atoms with Crippen molar-refractivity contribution in [1.82, 2.24) is 0 Å². The highest BCUT2D eigenvalue weighted by molar-refractivity contribution is 5.92. The molecule has 4 aliphatic rings. The molecule has 3 saturated carbocycles. The molecule has 0 saturated heterocycles. The summed E-state index contributed by atoms with van der Waals surface area (Å²) in [5.74, 6) is 3.17. The van der Waals surface area contributed by atoms with Crippen molar-refractivity contribution in [2.45, 2.75) is 59.3 Å². The molecule has 0 amide bonds. The molecule has 0 spiro atoms. The van der Waals surface area contributed by atoms with E-state index in [4.69, 9.17) is 0 Å².